The Morgan fingerprint density at radius 2 is 1.57 bits per heavy atom. The molecule has 6 rings (SSSR count). The number of hydrogen-bond acceptors (Lipinski definition) is 5. The molecule has 6 nitrogen and oxygen atoms in total. The molecule has 0 saturated carbocycles. The molecule has 196 valence electrons. The summed E-state index contributed by atoms with van der Waals surface area (Å²) >= 11 is 9.01. The van der Waals surface area contributed by atoms with E-state index in [0.717, 1.165) is 27.5 Å². The van der Waals surface area contributed by atoms with Crippen molar-refractivity contribution in [2.24, 2.45) is 0 Å². The number of carbonyl (C=O) groups is 1. The van der Waals surface area contributed by atoms with Crippen LogP contribution in [0.2, 0.25) is 0 Å². The molecule has 0 spiro atoms. The molecule has 6 aromatic rings. The average Bonchev–Trinajstić information content (AvgIpc) is 3.41. The lowest BCUT2D eigenvalue weighted by molar-refractivity contribution is 0.0975. The van der Waals surface area contributed by atoms with Crippen LogP contribution in [0.25, 0.3) is 44.5 Å². The summed E-state index contributed by atoms with van der Waals surface area (Å²) in [5, 5.41) is 7.81. The SMILES string of the molecule is COc1c(C(=O)NC(=S)Nc2ccc3oc(-c4ccc(-c5ccccc5)cc4)nc3c2)cc2ccccc2c1Br. The van der Waals surface area contributed by atoms with E-state index in [1.165, 1.54) is 7.11 Å². The number of thiocarbonyl (C=S) groups is 1. The number of nitrogens with zero attached hydrogens (tertiary/aromatic N) is 1. The van der Waals surface area contributed by atoms with Crippen LogP contribution in [-0.2, 0) is 0 Å². The van der Waals surface area contributed by atoms with Gasteiger partial charge in [-0.05, 0) is 86.4 Å². The standard InChI is InChI=1S/C32H22BrN3O3S/c1-38-29-25(17-22-9-5-6-10-24(22)28(29)33)30(37)36-32(40)34-23-15-16-27-26(18-23)35-31(39-27)21-13-11-20(12-14-21)19-7-3-2-4-8-19/h2-18H,1H3,(H2,34,36,37,40). The fourth-order valence-corrected chi connectivity index (χ4v) is 5.50. The highest BCUT2D eigenvalue weighted by Gasteiger charge is 2.19. The third-order valence-electron chi connectivity index (χ3n) is 6.50. The number of anilines is 1. The minimum Gasteiger partial charge on any atom is -0.495 e. The zero-order valence-electron chi connectivity index (χ0n) is 21.3. The van der Waals surface area contributed by atoms with Crippen LogP contribution in [0.1, 0.15) is 10.4 Å². The lowest BCUT2D eigenvalue weighted by Crippen LogP contribution is -2.34. The van der Waals surface area contributed by atoms with E-state index in [4.69, 9.17) is 21.4 Å². The lowest BCUT2D eigenvalue weighted by atomic mass is 10.0. The molecular weight excluding hydrogens is 586 g/mol. The first-order valence-electron chi connectivity index (χ1n) is 12.4. The Morgan fingerprint density at radius 3 is 2.35 bits per heavy atom. The van der Waals surface area contributed by atoms with Gasteiger partial charge in [0.1, 0.15) is 11.3 Å². The third kappa shape index (κ3) is 5.06. The van der Waals surface area contributed by atoms with Gasteiger partial charge in [-0.3, -0.25) is 10.1 Å². The number of methoxy groups -OCH3 is 1. The Balaban J connectivity index is 1.18. The molecule has 0 aliphatic carbocycles. The maximum atomic E-state index is 13.1. The fourth-order valence-electron chi connectivity index (χ4n) is 4.55. The minimum atomic E-state index is -0.385. The van der Waals surface area contributed by atoms with Crippen LogP contribution < -0.4 is 15.4 Å². The molecule has 40 heavy (non-hydrogen) atoms. The number of rotatable bonds is 5. The summed E-state index contributed by atoms with van der Waals surface area (Å²) in [5.41, 5.74) is 5.50. The van der Waals surface area contributed by atoms with Gasteiger partial charge in [-0.25, -0.2) is 4.98 Å². The van der Waals surface area contributed by atoms with Gasteiger partial charge < -0.3 is 14.5 Å². The highest BCUT2D eigenvalue weighted by Crippen LogP contribution is 2.36. The predicted molar refractivity (Wildman–Crippen MR) is 167 cm³/mol. The van der Waals surface area contributed by atoms with Gasteiger partial charge in [0, 0.05) is 11.3 Å². The monoisotopic (exact) mass is 607 g/mol. The topological polar surface area (TPSA) is 76.4 Å². The van der Waals surface area contributed by atoms with Gasteiger partial charge in [-0.15, -0.1) is 0 Å². The van der Waals surface area contributed by atoms with E-state index >= 15 is 0 Å². The molecule has 0 bridgehead atoms. The Bertz CT molecular complexity index is 1890. The molecule has 0 unspecified atom stereocenters. The molecule has 8 heteroatoms. The summed E-state index contributed by atoms with van der Waals surface area (Å²) in [4.78, 5) is 17.8. The van der Waals surface area contributed by atoms with Gasteiger partial charge in [0.15, 0.2) is 10.7 Å². The smallest absolute Gasteiger partial charge is 0.261 e. The summed E-state index contributed by atoms with van der Waals surface area (Å²) in [6.07, 6.45) is 0. The van der Waals surface area contributed by atoms with E-state index in [1.54, 1.807) is 6.07 Å². The van der Waals surface area contributed by atoms with Crippen LogP contribution in [0.4, 0.5) is 5.69 Å². The Labute approximate surface area is 244 Å². The Kier molecular flexibility index (Phi) is 7.02. The Morgan fingerprint density at radius 1 is 0.875 bits per heavy atom. The molecule has 0 aliphatic heterocycles. The number of ether oxygens (including phenoxy) is 1. The number of amides is 1. The first kappa shape index (κ1) is 25.7. The van der Waals surface area contributed by atoms with Gasteiger partial charge >= 0.3 is 0 Å². The number of hydrogen-bond donors (Lipinski definition) is 2. The van der Waals surface area contributed by atoms with Crippen molar-refractivity contribution in [1.29, 1.82) is 0 Å². The normalized spacial score (nSPS) is 10.9. The van der Waals surface area contributed by atoms with Crippen molar-refractivity contribution in [2.75, 3.05) is 12.4 Å². The second kappa shape index (κ2) is 10.9. The molecule has 0 aliphatic rings. The molecule has 1 amide bonds. The van der Waals surface area contributed by atoms with Crippen molar-refractivity contribution >= 4 is 66.7 Å². The summed E-state index contributed by atoms with van der Waals surface area (Å²) in [5.74, 6) is 0.577. The number of carbonyl (C=O) groups excluding carboxylic acids is 1. The van der Waals surface area contributed by atoms with Gasteiger partial charge in [-0.2, -0.15) is 0 Å². The quantitative estimate of drug-likeness (QED) is 0.192. The van der Waals surface area contributed by atoms with Crippen molar-refractivity contribution in [3.63, 3.8) is 0 Å². The lowest BCUT2D eigenvalue weighted by Gasteiger charge is -2.14. The van der Waals surface area contributed by atoms with Crippen molar-refractivity contribution in [3.8, 4) is 28.3 Å². The molecule has 0 fully saturated rings. The van der Waals surface area contributed by atoms with E-state index in [-0.39, 0.29) is 11.0 Å². The molecule has 1 aromatic heterocycles. The number of halogens is 1. The van der Waals surface area contributed by atoms with Gasteiger partial charge in [0.05, 0.1) is 17.1 Å². The molecule has 5 aromatic carbocycles. The van der Waals surface area contributed by atoms with E-state index in [0.29, 0.717) is 38.5 Å². The maximum Gasteiger partial charge on any atom is 0.261 e. The summed E-state index contributed by atoms with van der Waals surface area (Å²) < 4.78 is 12.2. The van der Waals surface area contributed by atoms with Crippen LogP contribution in [0.5, 0.6) is 5.75 Å². The van der Waals surface area contributed by atoms with Crippen molar-refractivity contribution in [3.05, 3.63) is 113 Å². The van der Waals surface area contributed by atoms with Crippen LogP contribution in [0.15, 0.2) is 112 Å². The van der Waals surface area contributed by atoms with Crippen molar-refractivity contribution in [1.82, 2.24) is 10.3 Å². The van der Waals surface area contributed by atoms with Crippen LogP contribution in [0.3, 0.4) is 0 Å². The zero-order valence-corrected chi connectivity index (χ0v) is 23.7. The van der Waals surface area contributed by atoms with E-state index in [2.05, 4.69) is 55.8 Å². The molecule has 0 radical (unpaired) electrons. The summed E-state index contributed by atoms with van der Waals surface area (Å²) in [6.45, 7) is 0. The largest absolute Gasteiger partial charge is 0.495 e. The summed E-state index contributed by atoms with van der Waals surface area (Å²) in [6, 6.07) is 33.3. The van der Waals surface area contributed by atoms with Crippen LogP contribution in [0, 0.1) is 0 Å². The second-order valence-electron chi connectivity index (χ2n) is 9.05. The number of nitrogens with one attached hydrogen (secondary N) is 2. The molecular formula is C32H22BrN3O3S. The first-order valence-corrected chi connectivity index (χ1v) is 13.6. The van der Waals surface area contributed by atoms with Crippen molar-refractivity contribution in [2.45, 2.75) is 0 Å². The number of fused-ring (bicyclic) bond motifs is 2. The average molecular weight is 609 g/mol. The molecule has 0 atom stereocenters. The minimum absolute atomic E-state index is 0.149. The van der Waals surface area contributed by atoms with Crippen LogP contribution >= 0.6 is 28.1 Å². The number of benzene rings is 5. The summed E-state index contributed by atoms with van der Waals surface area (Å²) in [7, 11) is 1.53. The van der Waals surface area contributed by atoms with E-state index in [9.17, 15) is 4.79 Å². The zero-order chi connectivity index (χ0) is 27.6. The molecule has 1 heterocycles. The van der Waals surface area contributed by atoms with E-state index < -0.39 is 0 Å². The maximum absolute atomic E-state index is 13.1. The first-order chi connectivity index (χ1) is 19.5. The number of aromatic nitrogens is 1. The second-order valence-corrected chi connectivity index (χ2v) is 10.2. The van der Waals surface area contributed by atoms with Gasteiger partial charge in [-0.1, -0.05) is 66.7 Å². The fraction of sp³-hybridized carbons (Fsp3) is 0.0312. The Hall–Kier alpha value is -4.53. The molecule has 2 N–H and O–H groups in total. The van der Waals surface area contributed by atoms with Crippen molar-refractivity contribution < 1.29 is 13.9 Å². The molecule has 0 saturated heterocycles. The number of oxazole rings is 1. The third-order valence-corrected chi connectivity index (χ3v) is 7.49. The van der Waals surface area contributed by atoms with Gasteiger partial charge in [0.25, 0.3) is 5.91 Å². The van der Waals surface area contributed by atoms with Crippen LogP contribution in [-0.4, -0.2) is 23.1 Å². The predicted octanol–water partition coefficient (Wildman–Crippen LogP) is 8.21. The highest BCUT2D eigenvalue weighted by atomic mass is 79.9. The highest BCUT2D eigenvalue weighted by molar-refractivity contribution is 9.10. The van der Waals surface area contributed by atoms with Gasteiger partial charge in [0.2, 0.25) is 5.89 Å². The van der Waals surface area contributed by atoms with E-state index in [1.807, 2.05) is 72.8 Å².